The predicted molar refractivity (Wildman–Crippen MR) is 24.4 cm³/mol. The van der Waals surface area contributed by atoms with Crippen LogP contribution in [0.2, 0.25) is 0 Å². The maximum absolute atomic E-state index is 7.51. The topological polar surface area (TPSA) is 23.8 Å². The van der Waals surface area contributed by atoms with Gasteiger partial charge in [-0.1, -0.05) is 6.58 Å². The molecule has 0 saturated carbocycles. The second-order valence-corrected chi connectivity index (χ2v) is 0.333. The minimum atomic E-state index is 0. The third-order valence-electron chi connectivity index (χ3n) is 0.0913. The molecule has 1 nitrogen and oxygen atoms in total. The standard InChI is InChI=1S/C3H3N.Ca.2H/c1-2-3-4;;;/h2H,1H2;;;. The van der Waals surface area contributed by atoms with Crippen molar-refractivity contribution >= 4 is 37.7 Å². The van der Waals surface area contributed by atoms with Crippen molar-refractivity contribution in [3.8, 4) is 6.07 Å². The van der Waals surface area contributed by atoms with Crippen LogP contribution in [0.3, 0.4) is 0 Å². The molecule has 0 aromatic carbocycles. The zero-order chi connectivity index (χ0) is 3.41. The molecule has 0 heterocycles. The van der Waals surface area contributed by atoms with Crippen molar-refractivity contribution in [3.63, 3.8) is 0 Å². The number of hydrogen-bond donors (Lipinski definition) is 0. The van der Waals surface area contributed by atoms with Gasteiger partial charge in [0.1, 0.15) is 0 Å². The van der Waals surface area contributed by atoms with Crippen molar-refractivity contribution < 1.29 is 0 Å². The van der Waals surface area contributed by atoms with Crippen LogP contribution in [-0.2, 0) is 0 Å². The molecular weight excluding hydrogens is 90.1 g/mol. The van der Waals surface area contributed by atoms with Crippen molar-refractivity contribution in [2.75, 3.05) is 0 Å². The van der Waals surface area contributed by atoms with E-state index in [0.29, 0.717) is 0 Å². The molecule has 0 saturated heterocycles. The summed E-state index contributed by atoms with van der Waals surface area (Å²) < 4.78 is 0. The number of rotatable bonds is 0. The van der Waals surface area contributed by atoms with Crippen molar-refractivity contribution in [3.05, 3.63) is 12.7 Å². The fraction of sp³-hybridized carbons (Fsp3) is 0. The van der Waals surface area contributed by atoms with Gasteiger partial charge in [-0.05, 0) is 0 Å². The Labute approximate surface area is 61.3 Å². The summed E-state index contributed by atoms with van der Waals surface area (Å²) >= 11 is 0. The third kappa shape index (κ3) is 12.5. The van der Waals surface area contributed by atoms with E-state index in [0.717, 1.165) is 0 Å². The molecule has 0 rings (SSSR count). The molecular formula is C3H5CaN. The van der Waals surface area contributed by atoms with Gasteiger partial charge in [0, 0.05) is 6.08 Å². The molecule has 0 fully saturated rings. The van der Waals surface area contributed by atoms with Gasteiger partial charge in [0.2, 0.25) is 0 Å². The van der Waals surface area contributed by atoms with Crippen LogP contribution in [0.1, 0.15) is 0 Å². The summed E-state index contributed by atoms with van der Waals surface area (Å²) in [5, 5.41) is 7.51. The van der Waals surface area contributed by atoms with E-state index >= 15 is 0 Å². The second kappa shape index (κ2) is 8.82. The molecule has 0 radical (unpaired) electrons. The molecule has 0 atom stereocenters. The molecule has 24 valence electrons. The maximum atomic E-state index is 7.51. The Kier molecular flexibility index (Phi) is 16.0. The fourth-order valence-corrected chi connectivity index (χ4v) is 0. The molecule has 0 aliphatic rings. The van der Waals surface area contributed by atoms with Crippen LogP contribution in [0.15, 0.2) is 12.7 Å². The van der Waals surface area contributed by atoms with Gasteiger partial charge in [-0.3, -0.25) is 0 Å². The summed E-state index contributed by atoms with van der Waals surface area (Å²) in [6.07, 6.45) is 1.18. The van der Waals surface area contributed by atoms with Gasteiger partial charge in [-0.2, -0.15) is 5.26 Å². The van der Waals surface area contributed by atoms with Gasteiger partial charge in [0.15, 0.2) is 0 Å². The van der Waals surface area contributed by atoms with E-state index in [1.807, 2.05) is 0 Å². The number of hydrogen-bond acceptors (Lipinski definition) is 1. The predicted octanol–water partition coefficient (Wildman–Crippen LogP) is -0.220. The minimum absolute atomic E-state index is 0. The Hall–Kier alpha value is 0.490. The molecule has 5 heavy (non-hydrogen) atoms. The second-order valence-electron chi connectivity index (χ2n) is 0.333. The Balaban J connectivity index is 0. The van der Waals surface area contributed by atoms with Crippen LogP contribution in [0, 0.1) is 11.3 Å². The Morgan fingerprint density at radius 1 is 1.80 bits per heavy atom. The van der Waals surface area contributed by atoms with Crippen molar-refractivity contribution in [1.29, 1.82) is 5.26 Å². The average molecular weight is 95.2 g/mol. The zero-order valence-corrected chi connectivity index (χ0v) is 2.23. The van der Waals surface area contributed by atoms with E-state index in [9.17, 15) is 0 Å². The van der Waals surface area contributed by atoms with E-state index < -0.39 is 0 Å². The first-order valence-corrected chi connectivity index (χ1v) is 0.921. The summed E-state index contributed by atoms with van der Waals surface area (Å²) in [4.78, 5) is 0. The molecule has 2 heteroatoms. The van der Waals surface area contributed by atoms with E-state index in [1.165, 1.54) is 6.08 Å². The van der Waals surface area contributed by atoms with Crippen LogP contribution in [0.25, 0.3) is 0 Å². The summed E-state index contributed by atoms with van der Waals surface area (Å²) in [6.45, 7) is 3.12. The van der Waals surface area contributed by atoms with E-state index in [1.54, 1.807) is 6.07 Å². The normalized spacial score (nSPS) is 3.00. The van der Waals surface area contributed by atoms with Gasteiger partial charge in [0.25, 0.3) is 0 Å². The molecule has 0 N–H and O–H groups in total. The van der Waals surface area contributed by atoms with Gasteiger partial charge in [-0.25, -0.2) is 0 Å². The van der Waals surface area contributed by atoms with Gasteiger partial charge < -0.3 is 0 Å². The summed E-state index contributed by atoms with van der Waals surface area (Å²) in [7, 11) is 0. The zero-order valence-electron chi connectivity index (χ0n) is 2.23. The molecule has 0 spiro atoms. The molecule has 0 bridgehead atoms. The molecule has 0 aliphatic heterocycles. The summed E-state index contributed by atoms with van der Waals surface area (Å²) in [5.41, 5.74) is 0. The van der Waals surface area contributed by atoms with Crippen molar-refractivity contribution in [1.82, 2.24) is 0 Å². The monoisotopic (exact) mass is 95.0 g/mol. The first kappa shape index (κ1) is 9.09. The summed E-state index contributed by atoms with van der Waals surface area (Å²) in [5.74, 6) is 0. The Morgan fingerprint density at radius 2 is 2.00 bits per heavy atom. The summed E-state index contributed by atoms with van der Waals surface area (Å²) in [6, 6.07) is 1.69. The van der Waals surface area contributed by atoms with Crippen LogP contribution < -0.4 is 0 Å². The van der Waals surface area contributed by atoms with E-state index in [4.69, 9.17) is 5.26 Å². The van der Waals surface area contributed by atoms with Gasteiger partial charge in [0.05, 0.1) is 6.07 Å². The number of nitrogens with zero attached hydrogens (tertiary/aromatic N) is 1. The number of nitriles is 1. The van der Waals surface area contributed by atoms with E-state index in [2.05, 4.69) is 6.58 Å². The molecule has 0 aromatic rings. The SMILES string of the molecule is C=CC#N.[CaH2]. The Morgan fingerprint density at radius 3 is 2.00 bits per heavy atom. The number of allylic oxidation sites excluding steroid dienone is 1. The first-order chi connectivity index (χ1) is 1.91. The van der Waals surface area contributed by atoms with Crippen LogP contribution in [0.5, 0.6) is 0 Å². The van der Waals surface area contributed by atoms with Crippen LogP contribution in [-0.4, -0.2) is 37.7 Å². The fourth-order valence-electron chi connectivity index (χ4n) is 0. The van der Waals surface area contributed by atoms with Crippen LogP contribution >= 0.6 is 0 Å². The van der Waals surface area contributed by atoms with Gasteiger partial charge >= 0.3 is 37.7 Å². The quantitative estimate of drug-likeness (QED) is 0.301. The van der Waals surface area contributed by atoms with Gasteiger partial charge in [-0.15, -0.1) is 0 Å². The van der Waals surface area contributed by atoms with Crippen molar-refractivity contribution in [2.45, 2.75) is 0 Å². The van der Waals surface area contributed by atoms with E-state index in [-0.39, 0.29) is 37.7 Å². The first-order valence-electron chi connectivity index (χ1n) is 0.921. The molecule has 0 amide bonds. The molecule has 0 unspecified atom stereocenters. The van der Waals surface area contributed by atoms with Crippen LogP contribution in [0.4, 0.5) is 0 Å². The Bertz CT molecular complexity index is 52.4. The van der Waals surface area contributed by atoms with Crippen molar-refractivity contribution in [2.24, 2.45) is 0 Å². The third-order valence-corrected chi connectivity index (χ3v) is 0.0913. The average Bonchev–Trinajstić information content (AvgIpc) is 1.37. The molecule has 0 aliphatic carbocycles. The molecule has 0 aromatic heterocycles.